The summed E-state index contributed by atoms with van der Waals surface area (Å²) in [6.45, 7) is 12.1. The van der Waals surface area contributed by atoms with Crippen LogP contribution in [-0.4, -0.2) is 29.8 Å². The summed E-state index contributed by atoms with van der Waals surface area (Å²) in [5, 5.41) is 0. The van der Waals surface area contributed by atoms with Crippen LogP contribution < -0.4 is 0 Å². The maximum absolute atomic E-state index is 10.7. The molecule has 0 aliphatic carbocycles. The van der Waals surface area contributed by atoms with Crippen LogP contribution in [0.2, 0.25) is 0 Å². The molecule has 5 atom stereocenters. The molecule has 0 aromatic rings. The van der Waals surface area contributed by atoms with Crippen LogP contribution in [0.25, 0.3) is 0 Å². The Morgan fingerprint density at radius 2 is 1.67 bits per heavy atom. The van der Waals surface area contributed by atoms with Gasteiger partial charge in [-0.25, -0.2) is 0 Å². The second-order valence-corrected chi connectivity index (χ2v) is 5.16. The maximum atomic E-state index is 10.7. The molecule has 2 heteroatoms. The molecule has 0 aromatic heterocycles. The molecule has 1 aliphatic heterocycles. The van der Waals surface area contributed by atoms with E-state index >= 15 is 0 Å². The predicted octanol–water partition coefficient (Wildman–Crippen LogP) is 2.58. The number of carbonyl (C=O) groups excluding carboxylic acids is 1. The molecule has 1 rings (SSSR count). The van der Waals surface area contributed by atoms with Crippen LogP contribution in [0.3, 0.4) is 0 Å². The summed E-state index contributed by atoms with van der Waals surface area (Å²) in [5.41, 5.74) is 0. The van der Waals surface area contributed by atoms with Crippen molar-refractivity contribution in [2.75, 3.05) is 6.54 Å². The first-order valence-corrected chi connectivity index (χ1v) is 6.23. The van der Waals surface area contributed by atoms with Crippen molar-refractivity contribution in [3.63, 3.8) is 0 Å². The Kier molecular flexibility index (Phi) is 4.32. The van der Waals surface area contributed by atoms with Gasteiger partial charge in [0, 0.05) is 12.1 Å². The minimum absolute atomic E-state index is 0.534. The molecule has 0 aromatic carbocycles. The minimum Gasteiger partial charge on any atom is -0.302 e. The number of likely N-dealkylation sites (tertiary alicyclic amines) is 1. The Balaban J connectivity index is 2.86. The van der Waals surface area contributed by atoms with Gasteiger partial charge in [0.25, 0.3) is 0 Å². The number of aldehydes is 1. The second kappa shape index (κ2) is 5.11. The average Bonchev–Trinajstić information content (AvgIpc) is 2.24. The summed E-state index contributed by atoms with van der Waals surface area (Å²) >= 11 is 0. The van der Waals surface area contributed by atoms with Crippen molar-refractivity contribution >= 4 is 6.29 Å². The number of rotatable bonds is 3. The van der Waals surface area contributed by atoms with Gasteiger partial charge in [-0.05, 0) is 31.1 Å². The highest BCUT2D eigenvalue weighted by Crippen LogP contribution is 2.37. The molecule has 1 saturated heterocycles. The summed E-state index contributed by atoms with van der Waals surface area (Å²) in [5.74, 6) is 2.14. The summed E-state index contributed by atoms with van der Waals surface area (Å²) in [6.07, 6.45) is 2.20. The molecule has 88 valence electrons. The van der Waals surface area contributed by atoms with E-state index in [9.17, 15) is 4.79 Å². The lowest BCUT2D eigenvalue weighted by Crippen LogP contribution is -2.56. The molecule has 1 heterocycles. The molecule has 2 nitrogen and oxygen atoms in total. The third-order valence-corrected chi connectivity index (χ3v) is 4.68. The van der Waals surface area contributed by atoms with Crippen molar-refractivity contribution in [1.29, 1.82) is 0 Å². The Morgan fingerprint density at radius 3 is 2.13 bits per heavy atom. The largest absolute Gasteiger partial charge is 0.302 e. The van der Waals surface area contributed by atoms with Crippen LogP contribution >= 0.6 is 0 Å². The predicted molar refractivity (Wildman–Crippen MR) is 63.8 cm³/mol. The van der Waals surface area contributed by atoms with Crippen molar-refractivity contribution in [2.45, 2.75) is 53.1 Å². The lowest BCUT2D eigenvalue weighted by Gasteiger charge is -2.50. The molecular weight excluding hydrogens is 186 g/mol. The molecule has 1 aliphatic rings. The van der Waals surface area contributed by atoms with E-state index < -0.39 is 0 Å². The highest BCUT2D eigenvalue weighted by Gasteiger charge is 2.40. The van der Waals surface area contributed by atoms with Gasteiger partial charge in [-0.1, -0.05) is 27.7 Å². The normalized spacial score (nSPS) is 42.9. The summed E-state index contributed by atoms with van der Waals surface area (Å²) in [6, 6.07) is 1.11. The SMILES string of the molecule is CCC1[C@@H](C)C(C)C(C)C(C)N1CC=O. The number of carbonyl (C=O) groups is 1. The minimum atomic E-state index is 0.534. The highest BCUT2D eigenvalue weighted by molar-refractivity contribution is 5.52. The van der Waals surface area contributed by atoms with E-state index in [1.165, 1.54) is 0 Å². The van der Waals surface area contributed by atoms with Crippen molar-refractivity contribution in [3.05, 3.63) is 0 Å². The lowest BCUT2D eigenvalue weighted by molar-refractivity contribution is -0.112. The Bertz CT molecular complexity index is 217. The third kappa shape index (κ3) is 2.25. The topological polar surface area (TPSA) is 20.3 Å². The van der Waals surface area contributed by atoms with Gasteiger partial charge < -0.3 is 4.79 Å². The van der Waals surface area contributed by atoms with Crippen molar-refractivity contribution in [1.82, 2.24) is 4.90 Å². The summed E-state index contributed by atoms with van der Waals surface area (Å²) < 4.78 is 0. The maximum Gasteiger partial charge on any atom is 0.134 e. The van der Waals surface area contributed by atoms with Crippen molar-refractivity contribution < 1.29 is 4.79 Å². The zero-order valence-electron chi connectivity index (χ0n) is 10.7. The Morgan fingerprint density at radius 1 is 1.07 bits per heavy atom. The first-order chi connectivity index (χ1) is 7.04. The average molecular weight is 211 g/mol. The third-order valence-electron chi connectivity index (χ3n) is 4.68. The van der Waals surface area contributed by atoms with Gasteiger partial charge in [0.1, 0.15) is 6.29 Å². The second-order valence-electron chi connectivity index (χ2n) is 5.16. The smallest absolute Gasteiger partial charge is 0.134 e. The molecule has 0 saturated carbocycles. The van der Waals surface area contributed by atoms with E-state index in [-0.39, 0.29) is 0 Å². The molecule has 0 amide bonds. The summed E-state index contributed by atoms with van der Waals surface area (Å²) in [4.78, 5) is 13.1. The van der Waals surface area contributed by atoms with Gasteiger partial charge in [-0.15, -0.1) is 0 Å². The Labute approximate surface area is 94.0 Å². The van der Waals surface area contributed by atoms with Crippen LogP contribution in [0.15, 0.2) is 0 Å². The highest BCUT2D eigenvalue weighted by atomic mass is 16.1. The molecule has 4 unspecified atom stereocenters. The fourth-order valence-electron chi connectivity index (χ4n) is 3.17. The van der Waals surface area contributed by atoms with Gasteiger partial charge in [-0.3, -0.25) is 4.90 Å². The first kappa shape index (κ1) is 12.7. The van der Waals surface area contributed by atoms with Crippen LogP contribution in [-0.2, 0) is 4.79 Å². The van der Waals surface area contributed by atoms with E-state index in [0.717, 1.165) is 18.6 Å². The van der Waals surface area contributed by atoms with E-state index in [1.54, 1.807) is 0 Å². The van der Waals surface area contributed by atoms with Crippen LogP contribution in [0.5, 0.6) is 0 Å². The van der Waals surface area contributed by atoms with E-state index in [4.69, 9.17) is 0 Å². The van der Waals surface area contributed by atoms with Crippen molar-refractivity contribution in [2.24, 2.45) is 17.8 Å². The van der Waals surface area contributed by atoms with E-state index in [2.05, 4.69) is 39.5 Å². The van der Waals surface area contributed by atoms with Gasteiger partial charge in [0.05, 0.1) is 6.54 Å². The quantitative estimate of drug-likeness (QED) is 0.669. The zero-order chi connectivity index (χ0) is 11.6. The monoisotopic (exact) mass is 211 g/mol. The van der Waals surface area contributed by atoms with Crippen LogP contribution in [0, 0.1) is 17.8 Å². The summed E-state index contributed by atoms with van der Waals surface area (Å²) in [7, 11) is 0. The number of nitrogens with zero attached hydrogens (tertiary/aromatic N) is 1. The molecule has 15 heavy (non-hydrogen) atoms. The lowest BCUT2D eigenvalue weighted by atomic mass is 9.72. The zero-order valence-corrected chi connectivity index (χ0v) is 10.7. The first-order valence-electron chi connectivity index (χ1n) is 6.23. The van der Waals surface area contributed by atoms with Crippen LogP contribution in [0.4, 0.5) is 0 Å². The van der Waals surface area contributed by atoms with Crippen LogP contribution in [0.1, 0.15) is 41.0 Å². The molecule has 0 spiro atoms. The molecule has 0 bridgehead atoms. The van der Waals surface area contributed by atoms with Gasteiger partial charge >= 0.3 is 0 Å². The fraction of sp³-hybridized carbons (Fsp3) is 0.923. The van der Waals surface area contributed by atoms with E-state index in [0.29, 0.717) is 30.5 Å². The standard InChI is InChI=1S/C13H25NO/c1-6-13-11(4)9(2)10(3)12(5)14(13)7-8-15/h8-13H,6-7H2,1-5H3/t9?,10?,11-,12?,13?/m0/s1. The molecule has 0 N–H and O–H groups in total. The van der Waals surface area contributed by atoms with Gasteiger partial charge in [0.15, 0.2) is 0 Å². The fourth-order valence-corrected chi connectivity index (χ4v) is 3.17. The van der Waals surface area contributed by atoms with Gasteiger partial charge in [0.2, 0.25) is 0 Å². The number of piperidine rings is 1. The van der Waals surface area contributed by atoms with Crippen molar-refractivity contribution in [3.8, 4) is 0 Å². The van der Waals surface area contributed by atoms with Gasteiger partial charge in [-0.2, -0.15) is 0 Å². The molecular formula is C13H25NO. The number of hydrogen-bond donors (Lipinski definition) is 0. The van der Waals surface area contributed by atoms with E-state index in [1.807, 2.05) is 0 Å². The molecule has 0 radical (unpaired) electrons. The Hall–Kier alpha value is -0.370. The number of hydrogen-bond acceptors (Lipinski definition) is 2. The molecule has 1 fully saturated rings.